The second-order valence-electron chi connectivity index (χ2n) is 6.88. The molecule has 2 aliphatic heterocycles. The first kappa shape index (κ1) is 19.3. The normalized spacial score (nSPS) is 22.1. The molecule has 1 N–H and O–H groups in total. The molecule has 2 saturated heterocycles. The zero-order chi connectivity index (χ0) is 19.6. The van der Waals surface area contributed by atoms with Gasteiger partial charge in [0.15, 0.2) is 11.5 Å². The summed E-state index contributed by atoms with van der Waals surface area (Å²) in [5, 5.41) is 3.27. The van der Waals surface area contributed by atoms with Gasteiger partial charge < -0.3 is 29.3 Å². The van der Waals surface area contributed by atoms with Crippen molar-refractivity contribution in [2.24, 2.45) is 5.92 Å². The largest absolute Gasteiger partial charge is 0.493 e. The van der Waals surface area contributed by atoms with Crippen LogP contribution < -0.4 is 24.4 Å². The van der Waals surface area contributed by atoms with Gasteiger partial charge in [0.05, 0.1) is 32.9 Å². The Hall–Kier alpha value is -2.48. The highest BCUT2D eigenvalue weighted by Gasteiger charge is 2.38. The molecule has 8 nitrogen and oxygen atoms in total. The first-order chi connectivity index (χ1) is 13.0. The Morgan fingerprint density at radius 2 is 1.85 bits per heavy atom. The molecule has 0 spiro atoms. The van der Waals surface area contributed by atoms with Gasteiger partial charge in [-0.25, -0.2) is 0 Å². The summed E-state index contributed by atoms with van der Waals surface area (Å²) in [6, 6.07) is 3.66. The van der Waals surface area contributed by atoms with Gasteiger partial charge in [-0.2, -0.15) is 0 Å². The van der Waals surface area contributed by atoms with Crippen molar-refractivity contribution in [3.63, 3.8) is 0 Å². The van der Waals surface area contributed by atoms with E-state index in [0.717, 1.165) is 19.5 Å². The summed E-state index contributed by atoms with van der Waals surface area (Å²) in [5.74, 6) is 1.01. The molecule has 0 saturated carbocycles. The highest BCUT2D eigenvalue weighted by atomic mass is 16.5. The molecule has 27 heavy (non-hydrogen) atoms. The van der Waals surface area contributed by atoms with Crippen LogP contribution in [0, 0.1) is 5.92 Å². The minimum Gasteiger partial charge on any atom is -0.493 e. The van der Waals surface area contributed by atoms with Gasteiger partial charge in [0.1, 0.15) is 0 Å². The second-order valence-corrected chi connectivity index (χ2v) is 6.88. The van der Waals surface area contributed by atoms with Gasteiger partial charge in [0.2, 0.25) is 17.6 Å². The summed E-state index contributed by atoms with van der Waals surface area (Å²) in [6.07, 6.45) is 1.15. The molecule has 1 aromatic carbocycles. The van der Waals surface area contributed by atoms with Gasteiger partial charge in [-0.3, -0.25) is 9.59 Å². The molecule has 1 aromatic rings. The van der Waals surface area contributed by atoms with Crippen LogP contribution in [0.3, 0.4) is 0 Å². The average Bonchev–Trinajstić information content (AvgIpc) is 3.35. The van der Waals surface area contributed by atoms with E-state index in [1.54, 1.807) is 21.9 Å². The standard InChI is InChI=1S/C19H27N3O5/c1-21(13-5-6-20-10-13)19(24)12-7-17(23)22(11-12)14-8-15(25-2)18(27-4)16(9-14)26-3/h8-9,12-13,20H,5-7,10-11H2,1-4H3. The number of carbonyl (C=O) groups excluding carboxylic acids is 2. The maximum absolute atomic E-state index is 12.9. The fourth-order valence-corrected chi connectivity index (χ4v) is 3.78. The Bertz CT molecular complexity index is 692. The molecule has 0 radical (unpaired) electrons. The summed E-state index contributed by atoms with van der Waals surface area (Å²) in [4.78, 5) is 28.9. The zero-order valence-electron chi connectivity index (χ0n) is 16.3. The Labute approximate surface area is 159 Å². The number of methoxy groups -OCH3 is 3. The molecule has 2 fully saturated rings. The number of carbonyl (C=O) groups is 2. The van der Waals surface area contributed by atoms with E-state index in [4.69, 9.17) is 14.2 Å². The monoisotopic (exact) mass is 377 g/mol. The van der Waals surface area contributed by atoms with Crippen LogP contribution in [-0.4, -0.2) is 70.8 Å². The molecular weight excluding hydrogens is 350 g/mol. The number of ether oxygens (including phenoxy) is 3. The van der Waals surface area contributed by atoms with E-state index in [9.17, 15) is 9.59 Å². The summed E-state index contributed by atoms with van der Waals surface area (Å²) in [5.41, 5.74) is 0.634. The van der Waals surface area contributed by atoms with Crippen molar-refractivity contribution in [2.45, 2.75) is 18.9 Å². The van der Waals surface area contributed by atoms with Crippen LogP contribution in [0.5, 0.6) is 17.2 Å². The van der Waals surface area contributed by atoms with Crippen molar-refractivity contribution in [3.8, 4) is 17.2 Å². The smallest absolute Gasteiger partial charge is 0.228 e. The second kappa shape index (κ2) is 8.04. The first-order valence-electron chi connectivity index (χ1n) is 9.07. The Balaban J connectivity index is 1.80. The maximum atomic E-state index is 12.9. The molecule has 2 aliphatic rings. The van der Waals surface area contributed by atoms with Crippen molar-refractivity contribution in [1.29, 1.82) is 0 Å². The van der Waals surface area contributed by atoms with Crippen LogP contribution in [0.2, 0.25) is 0 Å². The van der Waals surface area contributed by atoms with Crippen LogP contribution in [-0.2, 0) is 9.59 Å². The van der Waals surface area contributed by atoms with Crippen LogP contribution in [0.4, 0.5) is 5.69 Å². The summed E-state index contributed by atoms with van der Waals surface area (Å²) in [6.45, 7) is 2.07. The lowest BCUT2D eigenvalue weighted by atomic mass is 10.1. The zero-order valence-corrected chi connectivity index (χ0v) is 16.3. The lowest BCUT2D eigenvalue weighted by Gasteiger charge is -2.26. The predicted octanol–water partition coefficient (Wildman–Crippen LogP) is 0.886. The predicted molar refractivity (Wildman–Crippen MR) is 101 cm³/mol. The van der Waals surface area contributed by atoms with Gasteiger partial charge in [0.25, 0.3) is 0 Å². The van der Waals surface area contributed by atoms with Gasteiger partial charge in [-0.05, 0) is 13.0 Å². The number of hydrogen-bond donors (Lipinski definition) is 1. The SMILES string of the molecule is COc1cc(N2CC(C(=O)N(C)C3CCNC3)CC2=O)cc(OC)c1OC. The van der Waals surface area contributed by atoms with Gasteiger partial charge in [-0.15, -0.1) is 0 Å². The maximum Gasteiger partial charge on any atom is 0.228 e. The summed E-state index contributed by atoms with van der Waals surface area (Å²) < 4.78 is 16.1. The lowest BCUT2D eigenvalue weighted by molar-refractivity contribution is -0.136. The minimum atomic E-state index is -0.345. The number of hydrogen-bond acceptors (Lipinski definition) is 6. The van der Waals surface area contributed by atoms with Crippen molar-refractivity contribution < 1.29 is 23.8 Å². The van der Waals surface area contributed by atoms with Crippen molar-refractivity contribution >= 4 is 17.5 Å². The third-order valence-electron chi connectivity index (χ3n) is 5.37. The number of benzene rings is 1. The molecule has 8 heteroatoms. The number of nitrogens with one attached hydrogen (secondary N) is 1. The number of nitrogens with zero attached hydrogens (tertiary/aromatic N) is 2. The molecule has 2 heterocycles. The van der Waals surface area contributed by atoms with E-state index in [1.807, 2.05) is 7.05 Å². The highest BCUT2D eigenvalue weighted by molar-refractivity contribution is 6.00. The summed E-state index contributed by atoms with van der Waals surface area (Å²) >= 11 is 0. The van der Waals surface area contributed by atoms with Crippen molar-refractivity contribution in [2.75, 3.05) is 52.9 Å². The molecule has 0 aromatic heterocycles. The molecule has 2 amide bonds. The van der Waals surface area contributed by atoms with Crippen molar-refractivity contribution in [3.05, 3.63) is 12.1 Å². The van der Waals surface area contributed by atoms with Crippen LogP contribution in [0.25, 0.3) is 0 Å². The molecule has 0 aliphatic carbocycles. The van der Waals surface area contributed by atoms with E-state index in [2.05, 4.69) is 5.32 Å². The molecule has 148 valence electrons. The minimum absolute atomic E-state index is 0.0204. The third-order valence-corrected chi connectivity index (χ3v) is 5.37. The molecular formula is C19H27N3O5. The van der Waals surface area contributed by atoms with Crippen LogP contribution >= 0.6 is 0 Å². The Morgan fingerprint density at radius 1 is 1.19 bits per heavy atom. The fraction of sp³-hybridized carbons (Fsp3) is 0.579. The Morgan fingerprint density at radius 3 is 2.37 bits per heavy atom. The Kier molecular flexibility index (Phi) is 5.74. The molecule has 3 rings (SSSR count). The van der Waals surface area contributed by atoms with Crippen LogP contribution in [0.15, 0.2) is 12.1 Å². The van der Waals surface area contributed by atoms with E-state index < -0.39 is 0 Å². The van der Waals surface area contributed by atoms with Gasteiger partial charge in [-0.1, -0.05) is 0 Å². The van der Waals surface area contributed by atoms with E-state index in [-0.39, 0.29) is 30.2 Å². The lowest BCUT2D eigenvalue weighted by Crippen LogP contribution is -2.42. The third kappa shape index (κ3) is 3.66. The number of anilines is 1. The molecule has 0 bridgehead atoms. The molecule has 2 atom stereocenters. The quantitative estimate of drug-likeness (QED) is 0.793. The van der Waals surface area contributed by atoms with Gasteiger partial charge in [0, 0.05) is 44.7 Å². The fourth-order valence-electron chi connectivity index (χ4n) is 3.78. The first-order valence-corrected chi connectivity index (χ1v) is 9.07. The molecule has 2 unspecified atom stereocenters. The van der Waals surface area contributed by atoms with Crippen molar-refractivity contribution in [1.82, 2.24) is 10.2 Å². The van der Waals surface area contributed by atoms with E-state index in [1.165, 1.54) is 21.3 Å². The topological polar surface area (TPSA) is 80.3 Å². The number of amides is 2. The van der Waals surface area contributed by atoms with E-state index >= 15 is 0 Å². The van der Waals surface area contributed by atoms with Crippen LogP contribution in [0.1, 0.15) is 12.8 Å². The van der Waals surface area contributed by atoms with E-state index in [0.29, 0.717) is 29.5 Å². The number of likely N-dealkylation sites (N-methyl/N-ethyl adjacent to an activating group) is 1. The van der Waals surface area contributed by atoms with Gasteiger partial charge >= 0.3 is 0 Å². The highest BCUT2D eigenvalue weighted by Crippen LogP contribution is 2.42. The average molecular weight is 377 g/mol. The number of rotatable bonds is 6. The summed E-state index contributed by atoms with van der Waals surface area (Å²) in [7, 11) is 6.42.